The number of hydroxylamine groups is 2. The second-order valence-electron chi connectivity index (χ2n) is 5.09. The van der Waals surface area contributed by atoms with Crippen molar-refractivity contribution in [2.75, 3.05) is 0 Å². The normalized spacial score (nSPS) is 12.2. The van der Waals surface area contributed by atoms with E-state index >= 15 is 0 Å². The molecule has 0 unspecified atom stereocenters. The first-order valence-corrected chi connectivity index (χ1v) is 7.16. The fraction of sp³-hybridized carbons (Fsp3) is 0.167. The number of carbonyl (C=O) groups is 1. The summed E-state index contributed by atoms with van der Waals surface area (Å²) in [6, 6.07) is 12.6. The number of carbonyl (C=O) groups excluding carboxylic acids is 1. The molecule has 1 atom stereocenters. The number of nitrogens with zero attached hydrogens (tertiary/aromatic N) is 1. The summed E-state index contributed by atoms with van der Waals surface area (Å²) in [7, 11) is 0. The van der Waals surface area contributed by atoms with E-state index in [9.17, 15) is 14.4 Å². The van der Waals surface area contributed by atoms with Gasteiger partial charge in [-0.2, -0.15) is 0 Å². The van der Waals surface area contributed by atoms with Crippen LogP contribution < -0.4 is 4.74 Å². The summed E-state index contributed by atoms with van der Waals surface area (Å²) >= 11 is 0. The Labute approximate surface area is 134 Å². The first kappa shape index (κ1) is 16.7. The van der Waals surface area contributed by atoms with E-state index in [-0.39, 0.29) is 5.82 Å². The highest BCUT2D eigenvalue weighted by atomic mass is 19.1. The van der Waals surface area contributed by atoms with E-state index in [4.69, 9.17) is 4.74 Å². The fourth-order valence-corrected chi connectivity index (χ4v) is 1.94. The standard InChI is InChI=1S/C18H18FNO3/c1-13(20(22)14(2)21)6-7-15-4-3-5-18(12-15)23-17-10-8-16(19)9-11-17/h3-13,22H,1-2H3/b7-6+/t13-/m1/s1. The van der Waals surface area contributed by atoms with Gasteiger partial charge in [0.05, 0.1) is 6.04 Å². The molecule has 0 aromatic heterocycles. The molecule has 2 aromatic carbocycles. The van der Waals surface area contributed by atoms with Crippen molar-refractivity contribution < 1.29 is 19.1 Å². The van der Waals surface area contributed by atoms with E-state index < -0.39 is 11.9 Å². The summed E-state index contributed by atoms with van der Waals surface area (Å²) in [5.74, 6) is 0.412. The Bertz CT molecular complexity index is 698. The lowest BCUT2D eigenvalue weighted by Gasteiger charge is -2.17. The third kappa shape index (κ3) is 4.93. The Kier molecular flexibility index (Phi) is 5.49. The van der Waals surface area contributed by atoms with Crippen LogP contribution in [-0.2, 0) is 4.79 Å². The predicted molar refractivity (Wildman–Crippen MR) is 85.7 cm³/mol. The maximum atomic E-state index is 12.9. The van der Waals surface area contributed by atoms with Crippen molar-refractivity contribution in [3.8, 4) is 11.5 Å². The Morgan fingerprint density at radius 2 is 1.91 bits per heavy atom. The monoisotopic (exact) mass is 315 g/mol. The molecule has 0 radical (unpaired) electrons. The smallest absolute Gasteiger partial charge is 0.243 e. The van der Waals surface area contributed by atoms with Crippen LogP contribution in [0.15, 0.2) is 54.6 Å². The summed E-state index contributed by atoms with van der Waals surface area (Å²) in [5, 5.41) is 10.2. The van der Waals surface area contributed by atoms with Gasteiger partial charge in [-0.05, 0) is 48.9 Å². The summed E-state index contributed by atoms with van der Waals surface area (Å²) in [6.45, 7) is 3.00. The number of halogens is 1. The topological polar surface area (TPSA) is 49.8 Å². The van der Waals surface area contributed by atoms with Crippen LogP contribution in [0.25, 0.3) is 6.08 Å². The van der Waals surface area contributed by atoms with Gasteiger partial charge in [-0.3, -0.25) is 10.0 Å². The van der Waals surface area contributed by atoms with Gasteiger partial charge in [0.2, 0.25) is 5.91 Å². The number of rotatable bonds is 5. The molecule has 0 aliphatic carbocycles. The molecule has 0 spiro atoms. The molecular weight excluding hydrogens is 297 g/mol. The van der Waals surface area contributed by atoms with Crippen molar-refractivity contribution in [3.63, 3.8) is 0 Å². The molecule has 2 aromatic rings. The lowest BCUT2D eigenvalue weighted by atomic mass is 10.1. The van der Waals surface area contributed by atoms with Crippen LogP contribution in [0.3, 0.4) is 0 Å². The lowest BCUT2D eigenvalue weighted by Crippen LogP contribution is -2.32. The van der Waals surface area contributed by atoms with Crippen molar-refractivity contribution in [1.29, 1.82) is 0 Å². The minimum atomic E-state index is -0.436. The maximum absolute atomic E-state index is 12.9. The molecule has 0 saturated heterocycles. The van der Waals surface area contributed by atoms with Crippen molar-refractivity contribution in [2.24, 2.45) is 0 Å². The second-order valence-corrected chi connectivity index (χ2v) is 5.09. The fourth-order valence-electron chi connectivity index (χ4n) is 1.94. The highest BCUT2D eigenvalue weighted by Crippen LogP contribution is 2.23. The van der Waals surface area contributed by atoms with Crippen molar-refractivity contribution in [3.05, 3.63) is 66.0 Å². The first-order valence-electron chi connectivity index (χ1n) is 7.16. The quantitative estimate of drug-likeness (QED) is 0.662. The molecule has 5 heteroatoms. The molecule has 0 saturated carbocycles. The maximum Gasteiger partial charge on any atom is 0.243 e. The summed E-state index contributed by atoms with van der Waals surface area (Å²) < 4.78 is 18.5. The Morgan fingerprint density at radius 1 is 1.22 bits per heavy atom. The predicted octanol–water partition coefficient (Wildman–Crippen LogP) is 4.26. The van der Waals surface area contributed by atoms with Gasteiger partial charge in [0, 0.05) is 6.92 Å². The molecule has 120 valence electrons. The number of amides is 1. The van der Waals surface area contributed by atoms with Crippen LogP contribution in [0, 0.1) is 5.82 Å². The Morgan fingerprint density at radius 3 is 2.57 bits per heavy atom. The van der Waals surface area contributed by atoms with E-state index in [1.54, 1.807) is 37.3 Å². The zero-order chi connectivity index (χ0) is 16.8. The van der Waals surface area contributed by atoms with Gasteiger partial charge in [-0.25, -0.2) is 9.45 Å². The van der Waals surface area contributed by atoms with Crippen LogP contribution in [0.2, 0.25) is 0 Å². The minimum Gasteiger partial charge on any atom is -0.457 e. The zero-order valence-electron chi connectivity index (χ0n) is 12.9. The van der Waals surface area contributed by atoms with Crippen molar-refractivity contribution >= 4 is 12.0 Å². The van der Waals surface area contributed by atoms with Gasteiger partial charge in [-0.15, -0.1) is 0 Å². The van der Waals surface area contributed by atoms with Crippen LogP contribution in [0.4, 0.5) is 4.39 Å². The lowest BCUT2D eigenvalue weighted by molar-refractivity contribution is -0.167. The van der Waals surface area contributed by atoms with Crippen LogP contribution >= 0.6 is 0 Å². The van der Waals surface area contributed by atoms with Crippen LogP contribution in [0.5, 0.6) is 11.5 Å². The van der Waals surface area contributed by atoms with E-state index in [0.29, 0.717) is 16.6 Å². The molecule has 23 heavy (non-hydrogen) atoms. The molecule has 1 N–H and O–H groups in total. The van der Waals surface area contributed by atoms with E-state index in [1.165, 1.54) is 19.1 Å². The molecule has 0 bridgehead atoms. The molecule has 0 fully saturated rings. The molecular formula is C18H18FNO3. The number of hydrogen-bond acceptors (Lipinski definition) is 3. The van der Waals surface area contributed by atoms with E-state index in [1.807, 2.05) is 18.2 Å². The Hall–Kier alpha value is -2.66. The average molecular weight is 315 g/mol. The van der Waals surface area contributed by atoms with Gasteiger partial charge in [0.1, 0.15) is 17.3 Å². The van der Waals surface area contributed by atoms with Crippen LogP contribution in [0.1, 0.15) is 19.4 Å². The summed E-state index contributed by atoms with van der Waals surface area (Å²) in [5.41, 5.74) is 0.855. The highest BCUT2D eigenvalue weighted by Gasteiger charge is 2.10. The molecule has 2 rings (SSSR count). The summed E-state index contributed by atoms with van der Waals surface area (Å²) in [6.07, 6.45) is 3.49. The third-order valence-electron chi connectivity index (χ3n) is 3.18. The average Bonchev–Trinajstić information content (AvgIpc) is 2.54. The molecule has 1 amide bonds. The SMILES string of the molecule is CC(=O)N(O)[C@H](C)/C=C/c1cccc(Oc2ccc(F)cc2)c1. The van der Waals surface area contributed by atoms with Gasteiger partial charge < -0.3 is 4.74 Å². The van der Waals surface area contributed by atoms with Gasteiger partial charge in [0.15, 0.2) is 0 Å². The summed E-state index contributed by atoms with van der Waals surface area (Å²) in [4.78, 5) is 11.1. The van der Waals surface area contributed by atoms with Gasteiger partial charge in [0.25, 0.3) is 0 Å². The van der Waals surface area contributed by atoms with Crippen molar-refractivity contribution in [2.45, 2.75) is 19.9 Å². The Balaban J connectivity index is 2.07. The van der Waals surface area contributed by atoms with E-state index in [0.717, 1.165) is 5.56 Å². The third-order valence-corrected chi connectivity index (χ3v) is 3.18. The second kappa shape index (κ2) is 7.56. The number of benzene rings is 2. The van der Waals surface area contributed by atoms with E-state index in [2.05, 4.69) is 0 Å². The molecule has 0 aliphatic rings. The van der Waals surface area contributed by atoms with Gasteiger partial charge >= 0.3 is 0 Å². The number of ether oxygens (including phenoxy) is 1. The molecule has 0 heterocycles. The van der Waals surface area contributed by atoms with Crippen molar-refractivity contribution in [1.82, 2.24) is 5.06 Å². The van der Waals surface area contributed by atoms with Crippen LogP contribution in [-0.4, -0.2) is 22.2 Å². The minimum absolute atomic E-state index is 0.318. The largest absolute Gasteiger partial charge is 0.457 e. The number of hydrogen-bond donors (Lipinski definition) is 1. The molecule has 0 aliphatic heterocycles. The van der Waals surface area contributed by atoms with Gasteiger partial charge in [-0.1, -0.05) is 24.3 Å². The molecule has 4 nitrogen and oxygen atoms in total. The first-order chi connectivity index (χ1) is 11.0. The zero-order valence-corrected chi connectivity index (χ0v) is 12.9. The highest BCUT2D eigenvalue weighted by molar-refractivity contribution is 5.72.